The van der Waals surface area contributed by atoms with Crippen molar-refractivity contribution in [2.75, 3.05) is 6.61 Å². The summed E-state index contributed by atoms with van der Waals surface area (Å²) in [4.78, 5) is 37.0. The second-order valence-electron chi connectivity index (χ2n) is 8.19. The lowest BCUT2D eigenvalue weighted by Gasteiger charge is -2.23. The number of pyridine rings is 1. The summed E-state index contributed by atoms with van der Waals surface area (Å²) < 4.78 is 9.64. The summed E-state index contributed by atoms with van der Waals surface area (Å²) in [5.41, 5.74) is 4.78. The van der Waals surface area contributed by atoms with Crippen molar-refractivity contribution in [1.29, 1.82) is 0 Å². The fraction of sp³-hybridized carbons (Fsp3) is 0.231. The molecule has 0 aliphatic carbocycles. The molecule has 0 saturated heterocycles. The number of carbonyl (C=O) groups excluding carboxylic acids is 1. The minimum absolute atomic E-state index is 0.173. The van der Waals surface area contributed by atoms with Crippen LogP contribution in [0.5, 0.6) is 0 Å². The Balaban J connectivity index is 1.68. The summed E-state index contributed by atoms with van der Waals surface area (Å²) in [5, 5.41) is 1.94. The number of carbonyl (C=O) groups is 1. The smallest absolute Gasteiger partial charge is 0.338 e. The Morgan fingerprint density at radius 1 is 1.23 bits per heavy atom. The highest BCUT2D eigenvalue weighted by Gasteiger charge is 2.33. The molecule has 7 nitrogen and oxygen atoms in total. The quantitative estimate of drug-likeness (QED) is 0.389. The Labute approximate surface area is 210 Å². The number of thiophene rings is 1. The summed E-state index contributed by atoms with van der Waals surface area (Å²) in [7, 11) is 0. The van der Waals surface area contributed by atoms with Crippen molar-refractivity contribution in [3.8, 4) is 5.69 Å². The van der Waals surface area contributed by atoms with Crippen LogP contribution in [0.3, 0.4) is 0 Å². The molecule has 0 bridgehead atoms. The summed E-state index contributed by atoms with van der Waals surface area (Å²) in [5.74, 6) is -0.443. The number of hydrogen-bond donors (Lipinski definition) is 0. The van der Waals surface area contributed by atoms with E-state index in [9.17, 15) is 9.59 Å². The Kier molecular flexibility index (Phi) is 6.12. The molecule has 1 atom stereocenters. The number of fused-ring (bicyclic) bond motifs is 1. The molecule has 0 radical (unpaired) electrons. The molecule has 1 aliphatic rings. The Bertz CT molecular complexity index is 1620. The number of aryl methyl sites for hydroxylation is 1. The van der Waals surface area contributed by atoms with E-state index in [2.05, 4.69) is 20.6 Å². The Morgan fingerprint density at radius 2 is 2.06 bits per heavy atom. The average Bonchev–Trinajstić information content (AvgIpc) is 3.53. The van der Waals surface area contributed by atoms with Gasteiger partial charge in [-0.15, -0.1) is 11.3 Å². The van der Waals surface area contributed by atoms with E-state index in [0.29, 0.717) is 20.6 Å². The van der Waals surface area contributed by atoms with E-state index >= 15 is 0 Å². The summed E-state index contributed by atoms with van der Waals surface area (Å²) in [6.07, 6.45) is 5.47. The van der Waals surface area contributed by atoms with Gasteiger partial charge < -0.3 is 9.30 Å². The number of thiazole rings is 1. The van der Waals surface area contributed by atoms with Gasteiger partial charge in [-0.1, -0.05) is 17.4 Å². The number of rotatable bonds is 5. The number of nitrogens with zero attached hydrogens (tertiary/aromatic N) is 4. The largest absolute Gasteiger partial charge is 0.463 e. The highest BCUT2D eigenvalue weighted by atomic mass is 32.1. The minimum atomic E-state index is -0.560. The highest BCUT2D eigenvalue weighted by molar-refractivity contribution is 7.10. The first-order chi connectivity index (χ1) is 16.9. The van der Waals surface area contributed by atoms with Crippen molar-refractivity contribution in [3.63, 3.8) is 0 Å². The molecular weight excluding hydrogens is 480 g/mol. The molecule has 35 heavy (non-hydrogen) atoms. The molecule has 0 N–H and O–H groups in total. The van der Waals surface area contributed by atoms with Gasteiger partial charge in [0, 0.05) is 22.5 Å². The first kappa shape index (κ1) is 23.2. The first-order valence-corrected chi connectivity index (χ1v) is 12.9. The standard InChI is InChI=1S/C26H24N4O3S2/c1-5-33-25(32)22-16(3)28-26-30(23(22)20-9-7-11-34-20)24(31)21(35-26)13-18-12-15(2)29(17(18)4)19-8-6-10-27-14-19/h6-14,23H,5H2,1-4H3/b21-13+/t23-/m0/s1. The van der Waals surface area contributed by atoms with Crippen molar-refractivity contribution in [2.45, 2.75) is 33.7 Å². The molecule has 9 heteroatoms. The lowest BCUT2D eigenvalue weighted by Crippen LogP contribution is -2.39. The minimum Gasteiger partial charge on any atom is -0.463 e. The fourth-order valence-electron chi connectivity index (χ4n) is 4.47. The van der Waals surface area contributed by atoms with Crippen LogP contribution < -0.4 is 14.9 Å². The van der Waals surface area contributed by atoms with Gasteiger partial charge >= 0.3 is 5.97 Å². The topological polar surface area (TPSA) is 78.5 Å². The van der Waals surface area contributed by atoms with Crippen molar-refractivity contribution in [1.82, 2.24) is 14.1 Å². The SMILES string of the molecule is CCOC(=O)C1=C(C)N=c2s/c(=C/c3cc(C)n(-c4cccnc4)c3C)c(=O)n2[C@H]1c1cccs1. The van der Waals surface area contributed by atoms with Crippen molar-refractivity contribution in [3.05, 3.63) is 101 Å². The van der Waals surface area contributed by atoms with Gasteiger partial charge in [0.25, 0.3) is 5.56 Å². The summed E-state index contributed by atoms with van der Waals surface area (Å²) in [6, 6.07) is 9.26. The van der Waals surface area contributed by atoms with E-state index in [0.717, 1.165) is 27.5 Å². The predicted octanol–water partition coefficient (Wildman–Crippen LogP) is 3.66. The summed E-state index contributed by atoms with van der Waals surface area (Å²) >= 11 is 2.84. The number of aromatic nitrogens is 3. The molecule has 0 fully saturated rings. The predicted molar refractivity (Wildman–Crippen MR) is 138 cm³/mol. The van der Waals surface area contributed by atoms with Crippen molar-refractivity contribution < 1.29 is 9.53 Å². The second kappa shape index (κ2) is 9.24. The first-order valence-electron chi connectivity index (χ1n) is 11.2. The Hall–Kier alpha value is -3.56. The van der Waals surface area contributed by atoms with Crippen LogP contribution in [0.15, 0.2) is 69.2 Å². The highest BCUT2D eigenvalue weighted by Crippen LogP contribution is 2.33. The molecular formula is C26H24N4O3S2. The van der Waals surface area contributed by atoms with E-state index in [1.165, 1.54) is 22.7 Å². The normalized spacial score (nSPS) is 15.8. The zero-order chi connectivity index (χ0) is 24.7. The van der Waals surface area contributed by atoms with Crippen LogP contribution in [-0.2, 0) is 9.53 Å². The number of ether oxygens (including phenoxy) is 1. The van der Waals surface area contributed by atoms with Gasteiger partial charge in [-0.3, -0.25) is 14.3 Å². The average molecular weight is 505 g/mol. The maximum Gasteiger partial charge on any atom is 0.338 e. The van der Waals surface area contributed by atoms with Crippen LogP contribution in [0.25, 0.3) is 11.8 Å². The zero-order valence-electron chi connectivity index (χ0n) is 19.8. The third kappa shape index (κ3) is 4.00. The molecule has 178 valence electrons. The van der Waals surface area contributed by atoms with Gasteiger partial charge in [0.2, 0.25) is 0 Å². The van der Waals surface area contributed by atoms with Gasteiger partial charge in [0.05, 0.1) is 34.3 Å². The van der Waals surface area contributed by atoms with E-state index in [-0.39, 0.29) is 12.2 Å². The van der Waals surface area contributed by atoms with Gasteiger partial charge in [-0.05, 0) is 69.0 Å². The molecule has 0 saturated carbocycles. The number of esters is 1. The fourth-order valence-corrected chi connectivity index (χ4v) is 6.33. The van der Waals surface area contributed by atoms with Crippen molar-refractivity contribution in [2.24, 2.45) is 4.99 Å². The molecule has 5 heterocycles. The summed E-state index contributed by atoms with van der Waals surface area (Å²) in [6.45, 7) is 7.88. The molecule has 0 spiro atoms. The zero-order valence-corrected chi connectivity index (χ0v) is 21.4. The molecule has 1 aliphatic heterocycles. The lowest BCUT2D eigenvalue weighted by atomic mass is 10.0. The van der Waals surface area contributed by atoms with Crippen LogP contribution in [0.1, 0.15) is 41.7 Å². The third-order valence-electron chi connectivity index (χ3n) is 5.99. The van der Waals surface area contributed by atoms with E-state index in [1.54, 1.807) is 24.6 Å². The van der Waals surface area contributed by atoms with E-state index in [1.807, 2.05) is 55.8 Å². The monoisotopic (exact) mass is 504 g/mol. The number of hydrogen-bond acceptors (Lipinski definition) is 7. The maximum absolute atomic E-state index is 13.7. The van der Waals surface area contributed by atoms with Gasteiger partial charge in [0.15, 0.2) is 4.80 Å². The van der Waals surface area contributed by atoms with Crippen LogP contribution in [-0.4, -0.2) is 26.7 Å². The van der Waals surface area contributed by atoms with Crippen LogP contribution >= 0.6 is 22.7 Å². The van der Waals surface area contributed by atoms with Crippen LogP contribution in [0.4, 0.5) is 0 Å². The molecule has 5 rings (SSSR count). The third-order valence-corrected chi connectivity index (χ3v) is 7.90. The van der Waals surface area contributed by atoms with Gasteiger partial charge in [-0.25, -0.2) is 9.79 Å². The molecule has 4 aromatic rings. The van der Waals surface area contributed by atoms with Crippen LogP contribution in [0.2, 0.25) is 0 Å². The van der Waals surface area contributed by atoms with Gasteiger partial charge in [-0.2, -0.15) is 0 Å². The molecule has 0 aromatic carbocycles. The van der Waals surface area contributed by atoms with E-state index in [4.69, 9.17) is 4.74 Å². The van der Waals surface area contributed by atoms with Crippen molar-refractivity contribution >= 4 is 34.7 Å². The second-order valence-corrected chi connectivity index (χ2v) is 10.2. The maximum atomic E-state index is 13.7. The molecule has 0 unspecified atom stereocenters. The number of allylic oxidation sites excluding steroid dienone is 1. The van der Waals surface area contributed by atoms with Crippen LogP contribution in [0, 0.1) is 13.8 Å². The molecule has 0 amide bonds. The molecule has 4 aromatic heterocycles. The lowest BCUT2D eigenvalue weighted by molar-refractivity contribution is -0.139. The Morgan fingerprint density at radius 3 is 2.74 bits per heavy atom. The van der Waals surface area contributed by atoms with Gasteiger partial charge in [0.1, 0.15) is 6.04 Å². The van der Waals surface area contributed by atoms with E-state index < -0.39 is 12.0 Å².